The summed E-state index contributed by atoms with van der Waals surface area (Å²) in [7, 11) is 0. The van der Waals surface area contributed by atoms with Gasteiger partial charge in [-0.25, -0.2) is 0 Å². The fourth-order valence-corrected chi connectivity index (χ4v) is 3.29. The smallest absolute Gasteiger partial charge is 0.253 e. The maximum Gasteiger partial charge on any atom is 0.253 e. The predicted molar refractivity (Wildman–Crippen MR) is 106 cm³/mol. The Morgan fingerprint density at radius 1 is 1.00 bits per heavy atom. The molecule has 0 fully saturated rings. The second kappa shape index (κ2) is 7.50. The van der Waals surface area contributed by atoms with Crippen molar-refractivity contribution in [1.82, 2.24) is 9.88 Å². The minimum atomic E-state index is -0.482. The molecule has 0 saturated carbocycles. The van der Waals surface area contributed by atoms with E-state index in [4.69, 9.17) is 5.73 Å². The van der Waals surface area contributed by atoms with E-state index in [0.717, 1.165) is 28.2 Å². The van der Waals surface area contributed by atoms with Gasteiger partial charge in [0, 0.05) is 29.2 Å². The standard InChI is InChI=1S/C22H23N3O2/c1-14-7-4-5-10-20(14)25-15(2)11-19(16(25)3)22(27)24-13-17-8-6-9-18(12-17)21(23)26/h4-12H,13H2,1-3H3,(H2,23,26)(H,24,27). The Morgan fingerprint density at radius 2 is 1.74 bits per heavy atom. The number of nitrogens with two attached hydrogens (primary N) is 1. The van der Waals surface area contributed by atoms with E-state index in [9.17, 15) is 9.59 Å². The molecule has 5 heteroatoms. The zero-order valence-electron chi connectivity index (χ0n) is 15.7. The van der Waals surface area contributed by atoms with Gasteiger partial charge >= 0.3 is 0 Å². The molecule has 3 N–H and O–H groups in total. The summed E-state index contributed by atoms with van der Waals surface area (Å²) in [4.78, 5) is 24.0. The Morgan fingerprint density at radius 3 is 2.44 bits per heavy atom. The second-order valence-electron chi connectivity index (χ2n) is 6.65. The molecule has 3 rings (SSSR count). The van der Waals surface area contributed by atoms with Crippen LogP contribution in [0.5, 0.6) is 0 Å². The third kappa shape index (κ3) is 3.77. The van der Waals surface area contributed by atoms with Crippen LogP contribution in [0, 0.1) is 20.8 Å². The van der Waals surface area contributed by atoms with Gasteiger partial charge in [-0.15, -0.1) is 0 Å². The van der Waals surface area contributed by atoms with Gasteiger partial charge in [0.25, 0.3) is 5.91 Å². The summed E-state index contributed by atoms with van der Waals surface area (Å²) in [5.41, 5.74) is 11.3. The summed E-state index contributed by atoms with van der Waals surface area (Å²) in [6.45, 7) is 6.32. The molecule has 5 nitrogen and oxygen atoms in total. The number of para-hydroxylation sites is 1. The van der Waals surface area contributed by atoms with E-state index >= 15 is 0 Å². The first-order chi connectivity index (χ1) is 12.9. The maximum absolute atomic E-state index is 12.7. The Labute approximate surface area is 158 Å². The summed E-state index contributed by atoms with van der Waals surface area (Å²) >= 11 is 0. The molecule has 0 saturated heterocycles. The van der Waals surface area contributed by atoms with Crippen molar-refractivity contribution in [1.29, 1.82) is 0 Å². The molecule has 138 valence electrons. The lowest BCUT2D eigenvalue weighted by Crippen LogP contribution is -2.23. The molecule has 0 bridgehead atoms. The Bertz CT molecular complexity index is 1020. The minimum absolute atomic E-state index is 0.146. The van der Waals surface area contributed by atoms with E-state index in [1.54, 1.807) is 18.2 Å². The van der Waals surface area contributed by atoms with E-state index in [-0.39, 0.29) is 5.91 Å². The van der Waals surface area contributed by atoms with E-state index in [1.165, 1.54) is 0 Å². The van der Waals surface area contributed by atoms with Gasteiger partial charge in [0.2, 0.25) is 5.91 Å². The maximum atomic E-state index is 12.7. The SMILES string of the molecule is Cc1ccccc1-n1c(C)cc(C(=O)NCc2cccc(C(N)=O)c2)c1C. The van der Waals surface area contributed by atoms with Crippen LogP contribution in [0.1, 0.15) is 43.2 Å². The topological polar surface area (TPSA) is 77.1 Å². The van der Waals surface area contributed by atoms with Gasteiger partial charge < -0.3 is 15.6 Å². The van der Waals surface area contributed by atoms with Crippen LogP contribution >= 0.6 is 0 Å². The zero-order chi connectivity index (χ0) is 19.6. The summed E-state index contributed by atoms with van der Waals surface area (Å²) < 4.78 is 2.10. The van der Waals surface area contributed by atoms with E-state index < -0.39 is 5.91 Å². The highest BCUT2D eigenvalue weighted by molar-refractivity contribution is 5.96. The number of aryl methyl sites for hydroxylation is 2. The quantitative estimate of drug-likeness (QED) is 0.730. The van der Waals surface area contributed by atoms with Crippen molar-refractivity contribution < 1.29 is 9.59 Å². The zero-order valence-corrected chi connectivity index (χ0v) is 15.7. The van der Waals surface area contributed by atoms with Gasteiger partial charge in [-0.1, -0.05) is 30.3 Å². The molecule has 0 aliphatic carbocycles. The van der Waals surface area contributed by atoms with E-state index in [0.29, 0.717) is 17.7 Å². The van der Waals surface area contributed by atoms with Crippen LogP contribution in [0.2, 0.25) is 0 Å². The number of primary amides is 1. The Hall–Kier alpha value is -3.34. The van der Waals surface area contributed by atoms with Crippen LogP contribution in [-0.2, 0) is 6.54 Å². The lowest BCUT2D eigenvalue weighted by atomic mass is 10.1. The molecule has 27 heavy (non-hydrogen) atoms. The van der Waals surface area contributed by atoms with Crippen molar-refractivity contribution in [3.8, 4) is 5.69 Å². The summed E-state index contributed by atoms with van der Waals surface area (Å²) in [6.07, 6.45) is 0. The number of nitrogens with one attached hydrogen (secondary N) is 1. The first-order valence-corrected chi connectivity index (χ1v) is 8.80. The molecule has 0 spiro atoms. The normalized spacial score (nSPS) is 10.6. The van der Waals surface area contributed by atoms with Crippen molar-refractivity contribution in [2.45, 2.75) is 27.3 Å². The molecule has 2 amide bonds. The molecule has 0 atom stereocenters. The predicted octanol–water partition coefficient (Wildman–Crippen LogP) is 3.43. The third-order valence-corrected chi connectivity index (χ3v) is 4.70. The molecule has 0 aliphatic heterocycles. The van der Waals surface area contributed by atoms with Crippen molar-refractivity contribution in [3.63, 3.8) is 0 Å². The molecule has 0 aliphatic rings. The molecular formula is C22H23N3O2. The number of carbonyl (C=O) groups excluding carboxylic acids is 2. The number of amides is 2. The van der Waals surface area contributed by atoms with Gasteiger partial charge in [0.15, 0.2) is 0 Å². The highest BCUT2D eigenvalue weighted by Gasteiger charge is 2.17. The van der Waals surface area contributed by atoms with Gasteiger partial charge in [0.05, 0.1) is 5.56 Å². The molecule has 0 unspecified atom stereocenters. The number of benzene rings is 2. The van der Waals surface area contributed by atoms with Crippen molar-refractivity contribution in [3.05, 3.63) is 88.2 Å². The van der Waals surface area contributed by atoms with Gasteiger partial charge in [-0.05, 0) is 56.2 Å². The highest BCUT2D eigenvalue weighted by atomic mass is 16.2. The van der Waals surface area contributed by atoms with Crippen LogP contribution in [-0.4, -0.2) is 16.4 Å². The molecule has 3 aromatic rings. The summed E-state index contributed by atoms with van der Waals surface area (Å²) in [6, 6.07) is 17.0. The fraction of sp³-hybridized carbons (Fsp3) is 0.182. The van der Waals surface area contributed by atoms with Crippen LogP contribution < -0.4 is 11.1 Å². The molecule has 0 radical (unpaired) electrons. The largest absolute Gasteiger partial charge is 0.366 e. The number of hydrogen-bond donors (Lipinski definition) is 2. The van der Waals surface area contributed by atoms with Crippen LogP contribution in [0.3, 0.4) is 0 Å². The Balaban J connectivity index is 1.82. The molecule has 1 aromatic heterocycles. The second-order valence-corrected chi connectivity index (χ2v) is 6.65. The lowest BCUT2D eigenvalue weighted by molar-refractivity contribution is 0.0949. The van der Waals surface area contributed by atoms with E-state index in [1.807, 2.05) is 44.2 Å². The number of hydrogen-bond acceptors (Lipinski definition) is 2. The van der Waals surface area contributed by atoms with Crippen molar-refractivity contribution in [2.75, 3.05) is 0 Å². The number of aromatic nitrogens is 1. The Kier molecular flexibility index (Phi) is 5.12. The average Bonchev–Trinajstić information content (AvgIpc) is 2.95. The van der Waals surface area contributed by atoms with Gasteiger partial charge in [-0.2, -0.15) is 0 Å². The summed E-state index contributed by atoms with van der Waals surface area (Å²) in [5.74, 6) is -0.627. The molecule has 1 heterocycles. The number of rotatable bonds is 5. The van der Waals surface area contributed by atoms with Crippen LogP contribution in [0.4, 0.5) is 0 Å². The highest BCUT2D eigenvalue weighted by Crippen LogP contribution is 2.23. The first-order valence-electron chi connectivity index (χ1n) is 8.80. The van der Waals surface area contributed by atoms with Gasteiger partial charge in [0.1, 0.15) is 0 Å². The average molecular weight is 361 g/mol. The number of nitrogens with zero attached hydrogens (tertiary/aromatic N) is 1. The van der Waals surface area contributed by atoms with Crippen LogP contribution in [0.15, 0.2) is 54.6 Å². The van der Waals surface area contributed by atoms with E-state index in [2.05, 4.69) is 22.9 Å². The lowest BCUT2D eigenvalue weighted by Gasteiger charge is -2.13. The van der Waals surface area contributed by atoms with Crippen molar-refractivity contribution >= 4 is 11.8 Å². The monoisotopic (exact) mass is 361 g/mol. The van der Waals surface area contributed by atoms with Crippen LogP contribution in [0.25, 0.3) is 5.69 Å². The first kappa shape index (κ1) is 18.5. The van der Waals surface area contributed by atoms with Gasteiger partial charge in [-0.3, -0.25) is 9.59 Å². The third-order valence-electron chi connectivity index (χ3n) is 4.70. The number of carbonyl (C=O) groups is 2. The fourth-order valence-electron chi connectivity index (χ4n) is 3.29. The minimum Gasteiger partial charge on any atom is -0.366 e. The van der Waals surface area contributed by atoms with Crippen molar-refractivity contribution in [2.24, 2.45) is 5.73 Å². The molecular weight excluding hydrogens is 338 g/mol. The summed E-state index contributed by atoms with van der Waals surface area (Å²) in [5, 5.41) is 2.92. The molecule has 2 aromatic carbocycles.